The smallest absolute Gasteiger partial charge is 0.450 e. The van der Waals surface area contributed by atoms with Crippen molar-refractivity contribution in [1.29, 1.82) is 0 Å². The average molecular weight is 162 g/mol. The third-order valence-corrected chi connectivity index (χ3v) is 1.11. The predicted octanol–water partition coefficient (Wildman–Crippen LogP) is 1.50. The summed E-state index contributed by atoms with van der Waals surface area (Å²) in [5.74, 6) is 0. The maximum Gasteiger partial charge on any atom is 0.505 e. The monoisotopic (exact) mass is 162 g/mol. The fourth-order valence-corrected chi connectivity index (χ4v) is 0.610. The van der Waals surface area contributed by atoms with E-state index in [2.05, 4.69) is 4.74 Å². The van der Waals surface area contributed by atoms with Gasteiger partial charge in [-0.2, -0.15) is 0 Å². The quantitative estimate of drug-likeness (QED) is 0.475. The van der Waals surface area contributed by atoms with Crippen LogP contribution in [0.15, 0.2) is 0 Å². The summed E-state index contributed by atoms with van der Waals surface area (Å²) < 4.78 is 9.32. The Balaban J connectivity index is 2.85. The molecule has 0 amide bonds. The summed E-state index contributed by atoms with van der Waals surface area (Å²) in [5, 5.41) is 8.06. The summed E-state index contributed by atoms with van der Waals surface area (Å²) in [6.07, 6.45) is 0.370. The van der Waals surface area contributed by atoms with Crippen molar-refractivity contribution in [2.45, 2.75) is 19.8 Å². The first-order valence-corrected chi connectivity index (χ1v) is 3.70. The molecule has 0 saturated carbocycles. The standard InChI is InChI=1S/C7H14O4/c1-2-10-5-3-4-6-11-7(8)9/h2-6H2,1H3,(H,8,9). The summed E-state index contributed by atoms with van der Waals surface area (Å²) >= 11 is 0. The molecule has 4 heteroatoms. The van der Waals surface area contributed by atoms with Crippen LogP contribution in [0.4, 0.5) is 4.79 Å². The summed E-state index contributed by atoms with van der Waals surface area (Å²) in [6, 6.07) is 0. The van der Waals surface area contributed by atoms with Gasteiger partial charge >= 0.3 is 6.16 Å². The van der Waals surface area contributed by atoms with Crippen molar-refractivity contribution in [2.75, 3.05) is 19.8 Å². The highest BCUT2D eigenvalue weighted by atomic mass is 16.7. The molecule has 0 aromatic carbocycles. The Bertz CT molecular complexity index is 103. The van der Waals surface area contributed by atoms with Crippen LogP contribution in [0.5, 0.6) is 0 Å². The molecule has 0 aliphatic carbocycles. The van der Waals surface area contributed by atoms with Crippen LogP contribution in [-0.4, -0.2) is 31.1 Å². The first-order chi connectivity index (χ1) is 5.27. The van der Waals surface area contributed by atoms with Crippen LogP contribution in [-0.2, 0) is 9.47 Å². The molecule has 66 valence electrons. The highest BCUT2D eigenvalue weighted by molar-refractivity contribution is 5.56. The molecule has 0 spiro atoms. The minimum absolute atomic E-state index is 0.266. The van der Waals surface area contributed by atoms with Gasteiger partial charge in [-0.1, -0.05) is 0 Å². The van der Waals surface area contributed by atoms with Gasteiger partial charge in [-0.3, -0.25) is 0 Å². The largest absolute Gasteiger partial charge is 0.505 e. The molecule has 0 heterocycles. The Labute approximate surface area is 66.1 Å². The highest BCUT2D eigenvalue weighted by Crippen LogP contribution is 1.91. The van der Waals surface area contributed by atoms with E-state index in [1.165, 1.54) is 0 Å². The molecule has 0 aliphatic heterocycles. The van der Waals surface area contributed by atoms with E-state index in [-0.39, 0.29) is 6.61 Å². The van der Waals surface area contributed by atoms with Gasteiger partial charge in [0.15, 0.2) is 0 Å². The number of unbranched alkanes of at least 4 members (excludes halogenated alkanes) is 1. The van der Waals surface area contributed by atoms with E-state index < -0.39 is 6.16 Å². The van der Waals surface area contributed by atoms with E-state index in [4.69, 9.17) is 9.84 Å². The van der Waals surface area contributed by atoms with E-state index in [1.54, 1.807) is 0 Å². The summed E-state index contributed by atoms with van der Waals surface area (Å²) in [4.78, 5) is 9.83. The number of ether oxygens (including phenoxy) is 2. The van der Waals surface area contributed by atoms with Crippen LogP contribution >= 0.6 is 0 Å². The molecule has 11 heavy (non-hydrogen) atoms. The maximum absolute atomic E-state index is 9.83. The summed E-state index contributed by atoms with van der Waals surface area (Å²) in [6.45, 7) is 3.58. The molecule has 4 nitrogen and oxygen atoms in total. The van der Waals surface area contributed by atoms with Gasteiger partial charge in [0.2, 0.25) is 0 Å². The van der Waals surface area contributed by atoms with E-state index in [9.17, 15) is 4.79 Å². The van der Waals surface area contributed by atoms with E-state index in [1.807, 2.05) is 6.92 Å². The topological polar surface area (TPSA) is 55.8 Å². The number of rotatable bonds is 6. The zero-order chi connectivity index (χ0) is 8.53. The highest BCUT2D eigenvalue weighted by Gasteiger charge is 1.94. The number of hydrogen-bond acceptors (Lipinski definition) is 3. The van der Waals surface area contributed by atoms with Gasteiger partial charge in [-0.05, 0) is 19.8 Å². The van der Waals surface area contributed by atoms with Gasteiger partial charge in [0, 0.05) is 13.2 Å². The SMILES string of the molecule is CCOCCCCOC(=O)O. The Morgan fingerprint density at radius 3 is 2.55 bits per heavy atom. The molecule has 0 aliphatic rings. The van der Waals surface area contributed by atoms with Crippen LogP contribution in [0.3, 0.4) is 0 Å². The van der Waals surface area contributed by atoms with Crippen molar-refractivity contribution in [2.24, 2.45) is 0 Å². The first-order valence-electron chi connectivity index (χ1n) is 3.70. The van der Waals surface area contributed by atoms with Gasteiger partial charge in [0.25, 0.3) is 0 Å². The molecular weight excluding hydrogens is 148 g/mol. The lowest BCUT2D eigenvalue weighted by Crippen LogP contribution is -2.03. The second-order valence-corrected chi connectivity index (χ2v) is 2.02. The van der Waals surface area contributed by atoms with Gasteiger partial charge in [0.1, 0.15) is 0 Å². The van der Waals surface area contributed by atoms with Crippen molar-refractivity contribution in [1.82, 2.24) is 0 Å². The molecule has 0 fully saturated rings. The molecule has 0 aromatic heterocycles. The maximum atomic E-state index is 9.83. The average Bonchev–Trinajstić information content (AvgIpc) is 1.96. The van der Waals surface area contributed by atoms with Crippen LogP contribution in [0, 0.1) is 0 Å². The zero-order valence-electron chi connectivity index (χ0n) is 6.71. The molecule has 0 aromatic rings. The molecule has 0 radical (unpaired) electrons. The molecular formula is C7H14O4. The van der Waals surface area contributed by atoms with Gasteiger partial charge in [-0.15, -0.1) is 0 Å². The van der Waals surface area contributed by atoms with Gasteiger partial charge < -0.3 is 14.6 Å². The molecule has 0 unspecified atom stereocenters. The first kappa shape index (κ1) is 10.2. The third-order valence-electron chi connectivity index (χ3n) is 1.11. The van der Waals surface area contributed by atoms with E-state index in [0.29, 0.717) is 13.2 Å². The normalized spacial score (nSPS) is 9.55. The summed E-state index contributed by atoms with van der Waals surface area (Å²) in [5.41, 5.74) is 0. The van der Waals surface area contributed by atoms with Crippen LogP contribution < -0.4 is 0 Å². The second kappa shape index (κ2) is 7.34. The Morgan fingerprint density at radius 1 is 1.36 bits per heavy atom. The third kappa shape index (κ3) is 9.23. The Hall–Kier alpha value is -0.770. The fourth-order valence-electron chi connectivity index (χ4n) is 0.610. The van der Waals surface area contributed by atoms with Gasteiger partial charge in [-0.25, -0.2) is 4.79 Å². The number of hydrogen-bond donors (Lipinski definition) is 1. The Morgan fingerprint density at radius 2 is 2.00 bits per heavy atom. The van der Waals surface area contributed by atoms with Crippen molar-refractivity contribution in [3.8, 4) is 0 Å². The van der Waals surface area contributed by atoms with Crippen molar-refractivity contribution in [3.63, 3.8) is 0 Å². The lowest BCUT2D eigenvalue weighted by Gasteiger charge is -2.00. The van der Waals surface area contributed by atoms with Gasteiger partial charge in [0.05, 0.1) is 6.61 Å². The number of carbonyl (C=O) groups is 1. The predicted molar refractivity (Wildman–Crippen MR) is 39.7 cm³/mol. The lowest BCUT2D eigenvalue weighted by atomic mass is 10.3. The summed E-state index contributed by atoms with van der Waals surface area (Å²) in [7, 11) is 0. The van der Waals surface area contributed by atoms with Crippen LogP contribution in [0.2, 0.25) is 0 Å². The fraction of sp³-hybridized carbons (Fsp3) is 0.857. The molecule has 0 atom stereocenters. The minimum atomic E-state index is -1.21. The van der Waals surface area contributed by atoms with Crippen molar-refractivity contribution in [3.05, 3.63) is 0 Å². The minimum Gasteiger partial charge on any atom is -0.450 e. The molecule has 0 rings (SSSR count). The van der Waals surface area contributed by atoms with E-state index >= 15 is 0 Å². The van der Waals surface area contributed by atoms with Crippen LogP contribution in [0.1, 0.15) is 19.8 Å². The van der Waals surface area contributed by atoms with Crippen LogP contribution in [0.25, 0.3) is 0 Å². The molecule has 0 saturated heterocycles. The van der Waals surface area contributed by atoms with E-state index in [0.717, 1.165) is 12.8 Å². The molecule has 1 N–H and O–H groups in total. The second-order valence-electron chi connectivity index (χ2n) is 2.02. The number of carboxylic acid groups (broad SMARTS) is 1. The Kier molecular flexibility index (Phi) is 6.82. The van der Waals surface area contributed by atoms with Crippen molar-refractivity contribution >= 4 is 6.16 Å². The lowest BCUT2D eigenvalue weighted by molar-refractivity contribution is 0.0845. The zero-order valence-corrected chi connectivity index (χ0v) is 6.71. The molecule has 0 bridgehead atoms. The van der Waals surface area contributed by atoms with Crippen molar-refractivity contribution < 1.29 is 19.4 Å².